The van der Waals surface area contributed by atoms with Gasteiger partial charge in [0.1, 0.15) is 5.84 Å². The first-order valence-electron chi connectivity index (χ1n) is 5.45. The maximum atomic E-state index is 11.7. The van der Waals surface area contributed by atoms with Crippen LogP contribution in [-0.4, -0.2) is 43.2 Å². The Bertz CT molecular complexity index is 445. The molecule has 0 radical (unpaired) electrons. The average molecular weight is 269 g/mol. The Balaban J connectivity index is 2.86. The number of para-hydroxylation sites is 2. The summed E-state index contributed by atoms with van der Waals surface area (Å²) in [4.78, 5) is 17.6. The van der Waals surface area contributed by atoms with Crippen molar-refractivity contribution in [2.45, 2.75) is 0 Å². The molecule has 0 aliphatic carbocycles. The zero-order chi connectivity index (χ0) is 13.5. The quantitative estimate of drug-likeness (QED) is 0.482. The van der Waals surface area contributed by atoms with Crippen LogP contribution in [0.25, 0.3) is 0 Å². The maximum absolute atomic E-state index is 11.7. The number of nitrogens with one attached hydrogen (secondary N) is 1. The smallest absolute Gasteiger partial charge is 0.238 e. The minimum Gasteiger partial charge on any atom is -0.386 e. The number of rotatable bonds is 5. The second-order valence-corrected chi connectivity index (χ2v) is 4.31. The van der Waals surface area contributed by atoms with Gasteiger partial charge in [-0.15, -0.1) is 11.6 Å². The summed E-state index contributed by atoms with van der Waals surface area (Å²) in [6.07, 6.45) is 0. The van der Waals surface area contributed by atoms with Gasteiger partial charge in [-0.25, -0.2) is 4.99 Å². The van der Waals surface area contributed by atoms with Crippen LogP contribution in [0.2, 0.25) is 0 Å². The van der Waals surface area contributed by atoms with E-state index >= 15 is 0 Å². The molecular formula is C12H17ClN4O. The van der Waals surface area contributed by atoms with E-state index in [0.29, 0.717) is 23.8 Å². The molecule has 0 spiro atoms. The molecule has 0 atom stereocenters. The van der Waals surface area contributed by atoms with E-state index in [1.54, 1.807) is 17.0 Å². The molecule has 0 bridgehead atoms. The van der Waals surface area contributed by atoms with Gasteiger partial charge < -0.3 is 16.0 Å². The number of nitrogens with two attached hydrogens (primary N) is 1. The predicted molar refractivity (Wildman–Crippen MR) is 75.6 cm³/mol. The van der Waals surface area contributed by atoms with Crippen molar-refractivity contribution in [2.24, 2.45) is 10.7 Å². The number of nitrogens with zero attached hydrogens (tertiary/aromatic N) is 2. The minimum absolute atomic E-state index is 0.105. The van der Waals surface area contributed by atoms with E-state index < -0.39 is 0 Å². The fraction of sp³-hybridized carbons (Fsp3) is 0.333. The standard InChI is InChI=1S/C12H17ClN4O/c1-17(2)8-12(18)16-10-6-4-3-5-9(10)15-11(14)7-13/h3-6H,7-8H2,1-2H3,(H2,14,15)(H,16,18). The van der Waals surface area contributed by atoms with Crippen molar-refractivity contribution in [2.75, 3.05) is 31.8 Å². The molecule has 1 rings (SSSR count). The first kappa shape index (κ1) is 14.5. The Morgan fingerprint density at radius 3 is 2.72 bits per heavy atom. The van der Waals surface area contributed by atoms with Gasteiger partial charge in [-0.3, -0.25) is 4.79 Å². The molecule has 1 aromatic rings. The van der Waals surface area contributed by atoms with Gasteiger partial charge in [0.2, 0.25) is 5.91 Å². The second kappa shape index (κ2) is 6.98. The van der Waals surface area contributed by atoms with Crippen molar-refractivity contribution in [3.63, 3.8) is 0 Å². The van der Waals surface area contributed by atoms with E-state index in [2.05, 4.69) is 10.3 Å². The predicted octanol–water partition coefficient (Wildman–Crippen LogP) is 1.41. The highest BCUT2D eigenvalue weighted by Gasteiger charge is 2.07. The molecule has 0 aliphatic heterocycles. The highest BCUT2D eigenvalue weighted by Crippen LogP contribution is 2.24. The first-order chi connectivity index (χ1) is 8.52. The van der Waals surface area contributed by atoms with Crippen LogP contribution in [0.4, 0.5) is 11.4 Å². The van der Waals surface area contributed by atoms with Gasteiger partial charge >= 0.3 is 0 Å². The van der Waals surface area contributed by atoms with Crippen LogP contribution >= 0.6 is 11.6 Å². The number of carbonyl (C=O) groups excluding carboxylic acids is 1. The van der Waals surface area contributed by atoms with E-state index in [9.17, 15) is 4.79 Å². The maximum Gasteiger partial charge on any atom is 0.238 e. The highest BCUT2D eigenvalue weighted by atomic mass is 35.5. The number of benzene rings is 1. The molecule has 0 aromatic heterocycles. The molecule has 5 nitrogen and oxygen atoms in total. The van der Waals surface area contributed by atoms with E-state index in [1.807, 2.05) is 26.2 Å². The second-order valence-electron chi connectivity index (χ2n) is 4.04. The number of amidine groups is 1. The summed E-state index contributed by atoms with van der Waals surface area (Å²) < 4.78 is 0. The zero-order valence-electron chi connectivity index (χ0n) is 10.5. The summed E-state index contributed by atoms with van der Waals surface area (Å²) in [5.74, 6) is 0.359. The number of halogens is 1. The molecule has 0 fully saturated rings. The fourth-order valence-corrected chi connectivity index (χ4v) is 1.40. The summed E-state index contributed by atoms with van der Waals surface area (Å²) in [7, 11) is 3.66. The number of amides is 1. The molecule has 18 heavy (non-hydrogen) atoms. The van der Waals surface area contributed by atoms with Crippen molar-refractivity contribution in [3.05, 3.63) is 24.3 Å². The number of likely N-dealkylation sites (N-methyl/N-ethyl adjacent to an activating group) is 1. The Labute approximate surface area is 112 Å². The first-order valence-corrected chi connectivity index (χ1v) is 5.99. The topological polar surface area (TPSA) is 70.7 Å². The molecule has 98 valence electrons. The third-order valence-corrected chi connectivity index (χ3v) is 2.31. The summed E-state index contributed by atoms with van der Waals surface area (Å²) in [6.45, 7) is 0.309. The molecule has 0 aliphatic rings. The SMILES string of the molecule is CN(C)CC(=O)Nc1ccccc1N=C(N)CCl. The molecule has 0 saturated heterocycles. The van der Waals surface area contributed by atoms with E-state index in [0.717, 1.165) is 0 Å². The fourth-order valence-electron chi connectivity index (χ4n) is 1.34. The van der Waals surface area contributed by atoms with E-state index in [-0.39, 0.29) is 11.8 Å². The summed E-state index contributed by atoms with van der Waals surface area (Å²) >= 11 is 5.58. The van der Waals surface area contributed by atoms with Crippen molar-refractivity contribution in [3.8, 4) is 0 Å². The van der Waals surface area contributed by atoms with Gasteiger partial charge in [-0.05, 0) is 26.2 Å². The zero-order valence-corrected chi connectivity index (χ0v) is 11.2. The molecule has 0 saturated carbocycles. The number of aliphatic imine (C=N–C) groups is 1. The van der Waals surface area contributed by atoms with Gasteiger partial charge in [0.05, 0.1) is 23.8 Å². The third kappa shape index (κ3) is 4.73. The number of alkyl halides is 1. The summed E-state index contributed by atoms with van der Waals surface area (Å²) in [6, 6.07) is 7.18. The van der Waals surface area contributed by atoms with Gasteiger partial charge in [-0.1, -0.05) is 12.1 Å². The monoisotopic (exact) mass is 268 g/mol. The van der Waals surface area contributed by atoms with Gasteiger partial charge in [-0.2, -0.15) is 0 Å². The Hall–Kier alpha value is -1.59. The van der Waals surface area contributed by atoms with Crippen molar-refractivity contribution in [1.82, 2.24) is 4.90 Å². The molecule has 3 N–H and O–H groups in total. The van der Waals surface area contributed by atoms with Crippen LogP contribution in [0.1, 0.15) is 0 Å². The van der Waals surface area contributed by atoms with Gasteiger partial charge in [0.25, 0.3) is 0 Å². The Morgan fingerprint density at radius 2 is 2.11 bits per heavy atom. The Morgan fingerprint density at radius 1 is 1.44 bits per heavy atom. The minimum atomic E-state index is -0.105. The number of carbonyl (C=O) groups is 1. The summed E-state index contributed by atoms with van der Waals surface area (Å²) in [5.41, 5.74) is 6.80. The largest absolute Gasteiger partial charge is 0.386 e. The number of hydrogen-bond donors (Lipinski definition) is 2. The molecule has 0 unspecified atom stereocenters. The normalized spacial score (nSPS) is 11.7. The molecule has 1 aromatic carbocycles. The van der Waals surface area contributed by atoms with Gasteiger partial charge in [0.15, 0.2) is 0 Å². The lowest BCUT2D eigenvalue weighted by molar-refractivity contribution is -0.116. The third-order valence-electron chi connectivity index (χ3n) is 2.04. The number of anilines is 1. The molecular weight excluding hydrogens is 252 g/mol. The molecule has 1 amide bonds. The average Bonchev–Trinajstić information content (AvgIpc) is 2.30. The molecule has 6 heteroatoms. The van der Waals surface area contributed by atoms with E-state index in [1.165, 1.54) is 0 Å². The van der Waals surface area contributed by atoms with Crippen molar-refractivity contribution < 1.29 is 4.79 Å². The number of hydrogen-bond acceptors (Lipinski definition) is 3. The van der Waals surface area contributed by atoms with Crippen molar-refractivity contribution in [1.29, 1.82) is 0 Å². The van der Waals surface area contributed by atoms with Crippen LogP contribution in [0.5, 0.6) is 0 Å². The van der Waals surface area contributed by atoms with Crippen LogP contribution < -0.4 is 11.1 Å². The lowest BCUT2D eigenvalue weighted by Gasteiger charge is -2.11. The van der Waals surface area contributed by atoms with Gasteiger partial charge in [0, 0.05) is 0 Å². The van der Waals surface area contributed by atoms with Crippen LogP contribution in [0.15, 0.2) is 29.3 Å². The Kier molecular flexibility index (Phi) is 5.61. The van der Waals surface area contributed by atoms with Crippen LogP contribution in [0.3, 0.4) is 0 Å². The van der Waals surface area contributed by atoms with Crippen molar-refractivity contribution >= 4 is 34.7 Å². The van der Waals surface area contributed by atoms with Crippen LogP contribution in [0, 0.1) is 0 Å². The lowest BCUT2D eigenvalue weighted by Crippen LogP contribution is -2.27. The lowest BCUT2D eigenvalue weighted by atomic mass is 10.2. The molecule has 0 heterocycles. The summed E-state index contributed by atoms with van der Waals surface area (Å²) in [5, 5.41) is 2.78. The highest BCUT2D eigenvalue weighted by molar-refractivity contribution is 6.28. The van der Waals surface area contributed by atoms with E-state index in [4.69, 9.17) is 17.3 Å². The van der Waals surface area contributed by atoms with Crippen LogP contribution in [-0.2, 0) is 4.79 Å².